The fourth-order valence-corrected chi connectivity index (χ4v) is 2.34. The van der Waals surface area contributed by atoms with Gasteiger partial charge in [0.25, 0.3) is 0 Å². The molecule has 2 aromatic carbocycles. The predicted molar refractivity (Wildman–Crippen MR) is 92.7 cm³/mol. The summed E-state index contributed by atoms with van der Waals surface area (Å²) in [6.45, 7) is 2.23. The number of ether oxygens (including phenoxy) is 1. The van der Waals surface area contributed by atoms with Gasteiger partial charge in [-0.2, -0.15) is 4.68 Å². The average molecular weight is 338 g/mol. The minimum atomic E-state index is -0.298. The molecule has 128 valence electrons. The first-order valence-corrected chi connectivity index (χ1v) is 7.69. The van der Waals surface area contributed by atoms with E-state index in [1.807, 2.05) is 30.3 Å². The van der Waals surface area contributed by atoms with Crippen molar-refractivity contribution in [3.05, 3.63) is 59.9 Å². The zero-order chi connectivity index (χ0) is 17.6. The number of nitrogens with one attached hydrogen (secondary N) is 2. The van der Waals surface area contributed by atoms with Crippen LogP contribution in [0.25, 0.3) is 5.69 Å². The molecule has 0 saturated carbocycles. The Morgan fingerprint density at radius 3 is 2.68 bits per heavy atom. The fraction of sp³-hybridized carbons (Fsp3) is 0.176. The molecule has 0 aliphatic rings. The van der Waals surface area contributed by atoms with Crippen LogP contribution in [0.4, 0.5) is 10.5 Å². The van der Waals surface area contributed by atoms with Gasteiger partial charge in [-0.05, 0) is 41.1 Å². The predicted octanol–water partition coefficient (Wildman–Crippen LogP) is 2.30. The quantitative estimate of drug-likeness (QED) is 0.744. The molecule has 1 aromatic heterocycles. The minimum absolute atomic E-state index is 0.298. The van der Waals surface area contributed by atoms with Gasteiger partial charge in [-0.15, -0.1) is 5.10 Å². The molecule has 0 aliphatic heterocycles. The number of rotatable bonds is 5. The monoisotopic (exact) mass is 338 g/mol. The fourth-order valence-electron chi connectivity index (χ4n) is 2.34. The van der Waals surface area contributed by atoms with E-state index in [0.717, 1.165) is 5.56 Å². The Morgan fingerprint density at radius 1 is 1.20 bits per heavy atom. The van der Waals surface area contributed by atoms with Crippen LogP contribution in [0.5, 0.6) is 5.75 Å². The van der Waals surface area contributed by atoms with Gasteiger partial charge >= 0.3 is 6.03 Å². The van der Waals surface area contributed by atoms with Gasteiger partial charge in [0.15, 0.2) is 5.82 Å². The molecule has 2 N–H and O–H groups in total. The normalized spacial score (nSPS) is 10.3. The van der Waals surface area contributed by atoms with Gasteiger partial charge in [-0.3, -0.25) is 0 Å². The van der Waals surface area contributed by atoms with Gasteiger partial charge in [0.1, 0.15) is 11.4 Å². The minimum Gasteiger partial charge on any atom is -0.494 e. The number of carbonyl (C=O) groups is 1. The number of amides is 2. The molecule has 2 amide bonds. The van der Waals surface area contributed by atoms with Crippen molar-refractivity contribution in [3.63, 3.8) is 0 Å². The SMILES string of the molecule is COc1ccc(NC(=O)NCc2ccccc2)cc1-n1nnnc1C. The molecule has 0 spiro atoms. The summed E-state index contributed by atoms with van der Waals surface area (Å²) in [5, 5.41) is 17.1. The number of nitrogens with zero attached hydrogens (tertiary/aromatic N) is 4. The van der Waals surface area contributed by atoms with E-state index in [1.165, 1.54) is 0 Å². The van der Waals surface area contributed by atoms with E-state index in [0.29, 0.717) is 29.5 Å². The van der Waals surface area contributed by atoms with Crippen molar-refractivity contribution in [1.82, 2.24) is 25.5 Å². The third-order valence-corrected chi connectivity index (χ3v) is 3.59. The Labute approximate surface area is 144 Å². The summed E-state index contributed by atoms with van der Waals surface area (Å²) in [6.07, 6.45) is 0. The summed E-state index contributed by atoms with van der Waals surface area (Å²) in [7, 11) is 1.57. The van der Waals surface area contributed by atoms with E-state index in [2.05, 4.69) is 26.2 Å². The van der Waals surface area contributed by atoms with E-state index < -0.39 is 0 Å². The molecule has 0 unspecified atom stereocenters. The maximum absolute atomic E-state index is 12.1. The second-order valence-electron chi connectivity index (χ2n) is 5.32. The molecule has 3 rings (SSSR count). The topological polar surface area (TPSA) is 94.0 Å². The third kappa shape index (κ3) is 3.92. The van der Waals surface area contributed by atoms with Crippen LogP contribution in [-0.4, -0.2) is 33.3 Å². The third-order valence-electron chi connectivity index (χ3n) is 3.59. The van der Waals surface area contributed by atoms with Crippen LogP contribution in [0.15, 0.2) is 48.5 Å². The van der Waals surface area contributed by atoms with Crippen molar-refractivity contribution in [1.29, 1.82) is 0 Å². The van der Waals surface area contributed by atoms with Gasteiger partial charge in [-0.25, -0.2) is 4.79 Å². The number of tetrazole rings is 1. The molecule has 0 bridgehead atoms. The van der Waals surface area contributed by atoms with Gasteiger partial charge < -0.3 is 15.4 Å². The van der Waals surface area contributed by atoms with Crippen molar-refractivity contribution in [2.24, 2.45) is 0 Å². The van der Waals surface area contributed by atoms with Crippen LogP contribution in [0.2, 0.25) is 0 Å². The van der Waals surface area contributed by atoms with Crippen molar-refractivity contribution >= 4 is 11.7 Å². The zero-order valence-electron chi connectivity index (χ0n) is 13.9. The first-order chi connectivity index (χ1) is 12.2. The van der Waals surface area contributed by atoms with Crippen LogP contribution in [0.3, 0.4) is 0 Å². The summed E-state index contributed by atoms with van der Waals surface area (Å²) >= 11 is 0. The molecular weight excluding hydrogens is 320 g/mol. The van der Waals surface area contributed by atoms with Crippen molar-refractivity contribution in [2.75, 3.05) is 12.4 Å². The highest BCUT2D eigenvalue weighted by Gasteiger charge is 2.12. The molecular formula is C17H18N6O2. The summed E-state index contributed by atoms with van der Waals surface area (Å²) in [6, 6.07) is 14.7. The number of carbonyl (C=O) groups excluding carboxylic acids is 1. The smallest absolute Gasteiger partial charge is 0.319 e. The second kappa shape index (κ2) is 7.43. The summed E-state index contributed by atoms with van der Waals surface area (Å²) < 4.78 is 6.89. The molecule has 3 aromatic rings. The van der Waals surface area contributed by atoms with Crippen molar-refractivity contribution in [2.45, 2.75) is 13.5 Å². The van der Waals surface area contributed by atoms with Crippen LogP contribution in [0, 0.1) is 6.92 Å². The highest BCUT2D eigenvalue weighted by molar-refractivity contribution is 5.89. The van der Waals surface area contributed by atoms with Gasteiger partial charge in [-0.1, -0.05) is 30.3 Å². The molecule has 0 saturated heterocycles. The second-order valence-corrected chi connectivity index (χ2v) is 5.32. The van der Waals surface area contributed by atoms with Crippen LogP contribution >= 0.6 is 0 Å². The molecule has 0 atom stereocenters. The molecule has 0 fully saturated rings. The standard InChI is InChI=1S/C17H18N6O2/c1-12-20-21-22-23(12)15-10-14(8-9-16(15)25-2)19-17(24)18-11-13-6-4-3-5-7-13/h3-10H,11H2,1-2H3,(H2,18,19,24). The highest BCUT2D eigenvalue weighted by Crippen LogP contribution is 2.26. The Bertz CT molecular complexity index is 863. The lowest BCUT2D eigenvalue weighted by atomic mass is 10.2. The lowest BCUT2D eigenvalue weighted by Crippen LogP contribution is -2.28. The Balaban J connectivity index is 1.72. The molecule has 8 nitrogen and oxygen atoms in total. The number of urea groups is 1. The number of hydrogen-bond donors (Lipinski definition) is 2. The summed E-state index contributed by atoms with van der Waals surface area (Å²) in [4.78, 5) is 12.1. The first-order valence-electron chi connectivity index (χ1n) is 7.69. The lowest BCUT2D eigenvalue weighted by Gasteiger charge is -2.12. The number of aryl methyl sites for hydroxylation is 1. The van der Waals surface area contributed by atoms with Crippen LogP contribution in [0.1, 0.15) is 11.4 Å². The van der Waals surface area contributed by atoms with E-state index in [4.69, 9.17) is 4.74 Å². The van der Waals surface area contributed by atoms with E-state index in [-0.39, 0.29) is 6.03 Å². The highest BCUT2D eigenvalue weighted by atomic mass is 16.5. The van der Waals surface area contributed by atoms with Gasteiger partial charge in [0.05, 0.1) is 7.11 Å². The number of benzene rings is 2. The Kier molecular flexibility index (Phi) is 4.89. The van der Waals surface area contributed by atoms with E-state index in [1.54, 1.807) is 36.9 Å². The number of anilines is 1. The van der Waals surface area contributed by atoms with Crippen molar-refractivity contribution < 1.29 is 9.53 Å². The molecule has 0 radical (unpaired) electrons. The van der Waals surface area contributed by atoms with Gasteiger partial charge in [0.2, 0.25) is 0 Å². The van der Waals surface area contributed by atoms with Crippen molar-refractivity contribution in [3.8, 4) is 11.4 Å². The Hall–Kier alpha value is -3.42. The maximum Gasteiger partial charge on any atom is 0.319 e. The Morgan fingerprint density at radius 2 is 2.00 bits per heavy atom. The van der Waals surface area contributed by atoms with Crippen LogP contribution < -0.4 is 15.4 Å². The van der Waals surface area contributed by atoms with Crippen LogP contribution in [-0.2, 0) is 6.54 Å². The number of hydrogen-bond acceptors (Lipinski definition) is 5. The molecule has 8 heteroatoms. The van der Waals surface area contributed by atoms with E-state index in [9.17, 15) is 4.79 Å². The number of aromatic nitrogens is 4. The largest absolute Gasteiger partial charge is 0.494 e. The first kappa shape index (κ1) is 16.4. The summed E-state index contributed by atoms with van der Waals surface area (Å²) in [5.74, 6) is 1.22. The molecule has 0 aliphatic carbocycles. The lowest BCUT2D eigenvalue weighted by molar-refractivity contribution is 0.251. The molecule has 1 heterocycles. The average Bonchev–Trinajstić information content (AvgIpc) is 3.06. The van der Waals surface area contributed by atoms with E-state index >= 15 is 0 Å². The number of methoxy groups -OCH3 is 1. The maximum atomic E-state index is 12.1. The summed E-state index contributed by atoms with van der Waals surface area (Å²) in [5.41, 5.74) is 2.28. The van der Waals surface area contributed by atoms with Gasteiger partial charge in [0, 0.05) is 12.2 Å². The zero-order valence-corrected chi connectivity index (χ0v) is 13.9. The molecule has 25 heavy (non-hydrogen) atoms.